The molecule has 1 aromatic rings. The minimum Gasteiger partial charge on any atom is -0.493 e. The van der Waals surface area contributed by atoms with Crippen molar-refractivity contribution in [2.45, 2.75) is 13.3 Å². The van der Waals surface area contributed by atoms with E-state index in [2.05, 4.69) is 0 Å². The summed E-state index contributed by atoms with van der Waals surface area (Å²) in [6.45, 7) is 1.95. The molecule has 0 radical (unpaired) electrons. The van der Waals surface area contributed by atoms with E-state index in [1.165, 1.54) is 0 Å². The summed E-state index contributed by atoms with van der Waals surface area (Å²) in [6.07, 6.45) is 0.800. The second-order valence-corrected chi connectivity index (χ2v) is 3.83. The molecule has 0 aliphatic heterocycles. The van der Waals surface area contributed by atoms with E-state index in [1.807, 2.05) is 13.0 Å². The number of methoxy groups -OCH3 is 2. The highest BCUT2D eigenvalue weighted by molar-refractivity contribution is 6.02. The molecule has 0 fully saturated rings. The quantitative estimate of drug-likeness (QED) is 0.743. The molecule has 1 aromatic carbocycles. The fourth-order valence-corrected chi connectivity index (χ4v) is 2.01. The first-order valence-corrected chi connectivity index (χ1v) is 4.96. The smallest absolute Gasteiger partial charge is 0.166 e. The molecule has 0 saturated carbocycles. The van der Waals surface area contributed by atoms with Crippen molar-refractivity contribution in [1.82, 2.24) is 0 Å². The van der Waals surface area contributed by atoms with Crippen molar-refractivity contribution in [3.63, 3.8) is 0 Å². The molecule has 1 unspecified atom stereocenters. The number of fused-ring (bicyclic) bond motifs is 1. The van der Waals surface area contributed by atoms with E-state index in [-0.39, 0.29) is 11.7 Å². The molecule has 0 heterocycles. The Bertz CT molecular complexity index is 410. The first-order chi connectivity index (χ1) is 7.17. The highest BCUT2D eigenvalue weighted by Crippen LogP contribution is 2.36. The standard InChI is InChI=1S/C12H14O3/c1-7-4-8-5-10(14-2)11(15-3)6-9(8)12(7)13/h5-7H,4H2,1-3H3. The van der Waals surface area contributed by atoms with Gasteiger partial charge in [0.05, 0.1) is 14.2 Å². The zero-order valence-electron chi connectivity index (χ0n) is 9.16. The molecule has 2 rings (SSSR count). The predicted molar refractivity (Wildman–Crippen MR) is 56.7 cm³/mol. The van der Waals surface area contributed by atoms with Crippen molar-refractivity contribution < 1.29 is 14.3 Å². The van der Waals surface area contributed by atoms with Gasteiger partial charge in [-0.05, 0) is 24.1 Å². The molecule has 1 aliphatic carbocycles. The van der Waals surface area contributed by atoms with Crippen LogP contribution < -0.4 is 9.47 Å². The van der Waals surface area contributed by atoms with Crippen molar-refractivity contribution in [2.24, 2.45) is 5.92 Å². The molecule has 80 valence electrons. The van der Waals surface area contributed by atoms with E-state index in [9.17, 15) is 4.79 Å². The lowest BCUT2D eigenvalue weighted by atomic mass is 10.1. The van der Waals surface area contributed by atoms with Crippen molar-refractivity contribution in [3.05, 3.63) is 23.3 Å². The van der Waals surface area contributed by atoms with Gasteiger partial charge in [0.15, 0.2) is 17.3 Å². The van der Waals surface area contributed by atoms with Gasteiger partial charge in [-0.25, -0.2) is 0 Å². The van der Waals surface area contributed by atoms with Crippen LogP contribution in [0.2, 0.25) is 0 Å². The molecule has 1 atom stereocenters. The van der Waals surface area contributed by atoms with Gasteiger partial charge in [0.1, 0.15) is 0 Å². The maximum atomic E-state index is 11.8. The number of ketones is 1. The van der Waals surface area contributed by atoms with E-state index in [1.54, 1.807) is 20.3 Å². The van der Waals surface area contributed by atoms with Gasteiger partial charge in [-0.2, -0.15) is 0 Å². The van der Waals surface area contributed by atoms with Gasteiger partial charge in [0, 0.05) is 11.5 Å². The van der Waals surface area contributed by atoms with E-state index < -0.39 is 0 Å². The monoisotopic (exact) mass is 206 g/mol. The molecule has 1 aliphatic rings. The van der Waals surface area contributed by atoms with Crippen molar-refractivity contribution in [3.8, 4) is 11.5 Å². The molecule has 0 N–H and O–H groups in total. The lowest BCUT2D eigenvalue weighted by molar-refractivity contribution is 0.0946. The fourth-order valence-electron chi connectivity index (χ4n) is 2.01. The number of Topliss-reactive ketones (excluding diaryl/α,β-unsaturated/α-hetero) is 1. The molecular formula is C12H14O3. The normalized spacial score (nSPS) is 18.9. The van der Waals surface area contributed by atoms with Gasteiger partial charge in [0.2, 0.25) is 0 Å². The molecule has 0 aromatic heterocycles. The Kier molecular flexibility index (Phi) is 2.39. The first kappa shape index (κ1) is 10.0. The summed E-state index contributed by atoms with van der Waals surface area (Å²) in [5.74, 6) is 1.60. The summed E-state index contributed by atoms with van der Waals surface area (Å²) in [4.78, 5) is 11.8. The zero-order valence-corrected chi connectivity index (χ0v) is 9.16. The highest BCUT2D eigenvalue weighted by atomic mass is 16.5. The summed E-state index contributed by atoms with van der Waals surface area (Å²) >= 11 is 0. The SMILES string of the molecule is COc1cc2c(cc1OC)C(=O)C(C)C2. The average Bonchev–Trinajstić information content (AvgIpc) is 2.53. The maximum absolute atomic E-state index is 11.8. The van der Waals surface area contributed by atoms with Crippen LogP contribution in [0.1, 0.15) is 22.8 Å². The van der Waals surface area contributed by atoms with Crippen molar-refractivity contribution in [2.75, 3.05) is 14.2 Å². The molecule has 3 nitrogen and oxygen atoms in total. The summed E-state index contributed by atoms with van der Waals surface area (Å²) in [5, 5.41) is 0. The van der Waals surface area contributed by atoms with Crippen LogP contribution in [-0.2, 0) is 6.42 Å². The summed E-state index contributed by atoms with van der Waals surface area (Å²) in [7, 11) is 3.18. The van der Waals surface area contributed by atoms with Gasteiger partial charge in [0.25, 0.3) is 0 Å². The summed E-state index contributed by atoms with van der Waals surface area (Å²) in [6, 6.07) is 3.68. The van der Waals surface area contributed by atoms with Crippen LogP contribution in [0.15, 0.2) is 12.1 Å². The lowest BCUT2D eigenvalue weighted by Gasteiger charge is -2.09. The number of carbonyl (C=O) groups excluding carboxylic acids is 1. The minimum absolute atomic E-state index is 0.0804. The number of ether oxygens (including phenoxy) is 2. The first-order valence-electron chi connectivity index (χ1n) is 4.96. The molecule has 0 saturated heterocycles. The van der Waals surface area contributed by atoms with E-state index in [0.717, 1.165) is 17.5 Å². The number of carbonyl (C=O) groups is 1. The average molecular weight is 206 g/mol. The molecular weight excluding hydrogens is 192 g/mol. The third-order valence-corrected chi connectivity index (χ3v) is 2.85. The Hall–Kier alpha value is -1.51. The zero-order chi connectivity index (χ0) is 11.0. The Morgan fingerprint density at radius 3 is 2.40 bits per heavy atom. The maximum Gasteiger partial charge on any atom is 0.166 e. The number of rotatable bonds is 2. The Morgan fingerprint density at radius 1 is 1.20 bits per heavy atom. The van der Waals surface area contributed by atoms with E-state index >= 15 is 0 Å². The molecule has 0 bridgehead atoms. The van der Waals surface area contributed by atoms with Gasteiger partial charge in [-0.15, -0.1) is 0 Å². The largest absolute Gasteiger partial charge is 0.493 e. The van der Waals surface area contributed by atoms with E-state index in [4.69, 9.17) is 9.47 Å². The van der Waals surface area contributed by atoms with Crippen molar-refractivity contribution >= 4 is 5.78 Å². The number of hydrogen-bond acceptors (Lipinski definition) is 3. The molecule has 15 heavy (non-hydrogen) atoms. The molecule has 0 spiro atoms. The van der Waals surface area contributed by atoms with Crippen molar-refractivity contribution in [1.29, 1.82) is 0 Å². The van der Waals surface area contributed by atoms with Crippen LogP contribution in [0.5, 0.6) is 11.5 Å². The second kappa shape index (κ2) is 3.57. The van der Waals surface area contributed by atoms with Crippen LogP contribution >= 0.6 is 0 Å². The third kappa shape index (κ3) is 1.48. The van der Waals surface area contributed by atoms with Crippen LogP contribution in [0.25, 0.3) is 0 Å². The van der Waals surface area contributed by atoms with Crippen LogP contribution in [0, 0.1) is 5.92 Å². The van der Waals surface area contributed by atoms with Gasteiger partial charge >= 0.3 is 0 Å². The second-order valence-electron chi connectivity index (χ2n) is 3.83. The van der Waals surface area contributed by atoms with Gasteiger partial charge < -0.3 is 9.47 Å². The van der Waals surface area contributed by atoms with E-state index in [0.29, 0.717) is 11.5 Å². The summed E-state index contributed by atoms with van der Waals surface area (Å²) in [5.41, 5.74) is 1.84. The Morgan fingerprint density at radius 2 is 1.80 bits per heavy atom. The summed E-state index contributed by atoms with van der Waals surface area (Å²) < 4.78 is 10.4. The Labute approximate surface area is 89.0 Å². The predicted octanol–water partition coefficient (Wildman–Crippen LogP) is 2.08. The highest BCUT2D eigenvalue weighted by Gasteiger charge is 2.28. The molecule has 0 amide bonds. The topological polar surface area (TPSA) is 35.5 Å². The third-order valence-electron chi connectivity index (χ3n) is 2.85. The molecule has 3 heteroatoms. The fraction of sp³-hybridized carbons (Fsp3) is 0.417. The van der Waals surface area contributed by atoms with Crippen LogP contribution in [0.3, 0.4) is 0 Å². The van der Waals surface area contributed by atoms with Crippen LogP contribution in [0.4, 0.5) is 0 Å². The Balaban J connectivity index is 2.53. The number of hydrogen-bond donors (Lipinski definition) is 0. The van der Waals surface area contributed by atoms with Gasteiger partial charge in [-0.3, -0.25) is 4.79 Å². The lowest BCUT2D eigenvalue weighted by Crippen LogP contribution is -2.03. The van der Waals surface area contributed by atoms with Crippen LogP contribution in [-0.4, -0.2) is 20.0 Å². The van der Waals surface area contributed by atoms with Gasteiger partial charge in [-0.1, -0.05) is 6.92 Å². The minimum atomic E-state index is 0.0804. The number of benzene rings is 1.